The Kier molecular flexibility index (Phi) is 4.31. The second-order valence-corrected chi connectivity index (χ2v) is 7.53. The molecule has 1 N–H and O–H groups in total. The van der Waals surface area contributed by atoms with E-state index in [1.54, 1.807) is 0 Å². The van der Waals surface area contributed by atoms with E-state index in [0.29, 0.717) is 0 Å². The molecule has 1 fully saturated rings. The molecule has 0 bridgehead atoms. The third-order valence-corrected chi connectivity index (χ3v) is 5.73. The summed E-state index contributed by atoms with van der Waals surface area (Å²) >= 11 is 0. The van der Waals surface area contributed by atoms with E-state index in [4.69, 9.17) is 0 Å². The van der Waals surface area contributed by atoms with E-state index < -0.39 is 0 Å². The average Bonchev–Trinajstić information content (AvgIpc) is 2.67. The molecule has 1 aliphatic heterocycles. The molecule has 134 valence electrons. The van der Waals surface area contributed by atoms with Crippen LogP contribution in [0, 0.1) is 20.8 Å². The highest BCUT2D eigenvalue weighted by Crippen LogP contribution is 2.27. The third kappa shape index (κ3) is 2.92. The van der Waals surface area contributed by atoms with E-state index in [1.165, 1.54) is 30.5 Å². The minimum absolute atomic E-state index is 0.122. The molecule has 0 unspecified atom stereocenters. The SMILES string of the molecule is Cc1cc2[nH]c(-c3ccc(N4CCCCC4)cc3)c(C)c(=O)c2cc1C. The topological polar surface area (TPSA) is 36.1 Å². The van der Waals surface area contributed by atoms with Gasteiger partial charge in [-0.05, 0) is 81.0 Å². The molecule has 1 aromatic heterocycles. The maximum absolute atomic E-state index is 12.9. The highest BCUT2D eigenvalue weighted by molar-refractivity contribution is 5.84. The van der Waals surface area contributed by atoms with Crippen LogP contribution in [0.15, 0.2) is 41.2 Å². The van der Waals surface area contributed by atoms with Crippen LogP contribution in [-0.2, 0) is 0 Å². The van der Waals surface area contributed by atoms with Crippen LogP contribution in [0.1, 0.15) is 36.0 Å². The predicted molar refractivity (Wildman–Crippen MR) is 110 cm³/mol. The maximum Gasteiger partial charge on any atom is 0.192 e. The molecule has 0 amide bonds. The number of nitrogens with zero attached hydrogens (tertiary/aromatic N) is 1. The maximum atomic E-state index is 12.9. The van der Waals surface area contributed by atoms with Crippen molar-refractivity contribution < 1.29 is 0 Å². The summed E-state index contributed by atoms with van der Waals surface area (Å²) in [5.41, 5.74) is 7.45. The molecule has 0 aliphatic carbocycles. The fourth-order valence-corrected chi connectivity index (χ4v) is 3.93. The van der Waals surface area contributed by atoms with Crippen molar-refractivity contribution in [2.75, 3.05) is 18.0 Å². The van der Waals surface area contributed by atoms with Gasteiger partial charge < -0.3 is 9.88 Å². The molecule has 3 nitrogen and oxygen atoms in total. The second-order valence-electron chi connectivity index (χ2n) is 7.53. The summed E-state index contributed by atoms with van der Waals surface area (Å²) in [4.78, 5) is 18.8. The quantitative estimate of drug-likeness (QED) is 0.700. The number of hydrogen-bond donors (Lipinski definition) is 1. The van der Waals surface area contributed by atoms with Crippen LogP contribution in [0.3, 0.4) is 0 Å². The van der Waals surface area contributed by atoms with Crippen molar-refractivity contribution in [2.45, 2.75) is 40.0 Å². The zero-order chi connectivity index (χ0) is 18.3. The lowest BCUT2D eigenvalue weighted by atomic mass is 10.0. The lowest BCUT2D eigenvalue weighted by Gasteiger charge is -2.28. The number of anilines is 1. The lowest BCUT2D eigenvalue weighted by molar-refractivity contribution is 0.578. The summed E-state index contributed by atoms with van der Waals surface area (Å²) < 4.78 is 0. The smallest absolute Gasteiger partial charge is 0.192 e. The molecule has 0 radical (unpaired) electrons. The van der Waals surface area contributed by atoms with Gasteiger partial charge in [0.15, 0.2) is 5.43 Å². The third-order valence-electron chi connectivity index (χ3n) is 5.73. The predicted octanol–water partition coefficient (Wildman–Crippen LogP) is 5.11. The summed E-state index contributed by atoms with van der Waals surface area (Å²) in [5, 5.41) is 0.777. The number of benzene rings is 2. The van der Waals surface area contributed by atoms with Gasteiger partial charge in [-0.1, -0.05) is 12.1 Å². The van der Waals surface area contributed by atoms with Crippen molar-refractivity contribution in [2.24, 2.45) is 0 Å². The van der Waals surface area contributed by atoms with E-state index in [9.17, 15) is 4.79 Å². The van der Waals surface area contributed by atoms with Gasteiger partial charge in [-0.3, -0.25) is 4.79 Å². The molecular formula is C23H26N2O. The Bertz CT molecular complexity index is 1010. The van der Waals surface area contributed by atoms with Crippen molar-refractivity contribution in [3.05, 3.63) is 63.3 Å². The number of pyridine rings is 1. The summed E-state index contributed by atoms with van der Waals surface area (Å²) in [7, 11) is 0. The van der Waals surface area contributed by atoms with Crippen LogP contribution < -0.4 is 10.3 Å². The van der Waals surface area contributed by atoms with Crippen LogP contribution >= 0.6 is 0 Å². The van der Waals surface area contributed by atoms with E-state index in [0.717, 1.165) is 46.4 Å². The van der Waals surface area contributed by atoms with Crippen molar-refractivity contribution in [1.82, 2.24) is 4.98 Å². The van der Waals surface area contributed by atoms with E-state index in [1.807, 2.05) is 13.0 Å². The van der Waals surface area contributed by atoms with Crippen molar-refractivity contribution in [3.8, 4) is 11.3 Å². The first-order valence-corrected chi connectivity index (χ1v) is 9.54. The van der Waals surface area contributed by atoms with Gasteiger partial charge in [-0.2, -0.15) is 0 Å². The normalized spacial score (nSPS) is 14.8. The van der Waals surface area contributed by atoms with E-state index >= 15 is 0 Å². The van der Waals surface area contributed by atoms with Crippen LogP contribution in [0.5, 0.6) is 0 Å². The Labute approximate surface area is 154 Å². The Hall–Kier alpha value is -2.55. The molecular weight excluding hydrogens is 320 g/mol. The number of aryl methyl sites for hydroxylation is 2. The largest absolute Gasteiger partial charge is 0.372 e. The first-order chi connectivity index (χ1) is 12.5. The van der Waals surface area contributed by atoms with Gasteiger partial charge in [0, 0.05) is 29.7 Å². The van der Waals surface area contributed by atoms with Gasteiger partial charge in [-0.15, -0.1) is 0 Å². The summed E-state index contributed by atoms with van der Waals surface area (Å²) in [6.07, 6.45) is 3.89. The number of hydrogen-bond acceptors (Lipinski definition) is 2. The van der Waals surface area contributed by atoms with Crippen LogP contribution in [0.4, 0.5) is 5.69 Å². The molecule has 1 aliphatic rings. The molecule has 26 heavy (non-hydrogen) atoms. The van der Waals surface area contributed by atoms with E-state index in [-0.39, 0.29) is 5.43 Å². The van der Waals surface area contributed by atoms with Gasteiger partial charge >= 0.3 is 0 Å². The van der Waals surface area contributed by atoms with Crippen LogP contribution in [0.25, 0.3) is 22.2 Å². The monoisotopic (exact) mass is 346 g/mol. The number of rotatable bonds is 2. The van der Waals surface area contributed by atoms with Gasteiger partial charge in [0.2, 0.25) is 0 Å². The minimum Gasteiger partial charge on any atom is -0.372 e. The number of H-pyrrole nitrogens is 1. The highest BCUT2D eigenvalue weighted by Gasteiger charge is 2.13. The van der Waals surface area contributed by atoms with Crippen molar-refractivity contribution in [1.29, 1.82) is 0 Å². The minimum atomic E-state index is 0.122. The first kappa shape index (κ1) is 16.9. The Balaban J connectivity index is 1.77. The number of piperidine rings is 1. The Morgan fingerprint density at radius 2 is 1.54 bits per heavy atom. The summed E-state index contributed by atoms with van der Waals surface area (Å²) in [6, 6.07) is 12.7. The number of nitrogens with one attached hydrogen (secondary N) is 1. The van der Waals surface area contributed by atoms with Crippen molar-refractivity contribution in [3.63, 3.8) is 0 Å². The zero-order valence-corrected chi connectivity index (χ0v) is 15.9. The van der Waals surface area contributed by atoms with Gasteiger partial charge in [-0.25, -0.2) is 0 Å². The second kappa shape index (κ2) is 6.64. The van der Waals surface area contributed by atoms with Gasteiger partial charge in [0.25, 0.3) is 0 Å². The average molecular weight is 346 g/mol. The molecule has 1 saturated heterocycles. The number of aromatic nitrogens is 1. The lowest BCUT2D eigenvalue weighted by Crippen LogP contribution is -2.29. The molecule has 0 spiro atoms. The first-order valence-electron chi connectivity index (χ1n) is 9.54. The molecule has 0 saturated carbocycles. The van der Waals surface area contributed by atoms with Crippen LogP contribution in [0.2, 0.25) is 0 Å². The molecule has 2 aromatic carbocycles. The number of fused-ring (bicyclic) bond motifs is 1. The summed E-state index contributed by atoms with van der Waals surface area (Å²) in [5.74, 6) is 0. The summed E-state index contributed by atoms with van der Waals surface area (Å²) in [6.45, 7) is 8.34. The van der Waals surface area contributed by atoms with Gasteiger partial charge in [0.1, 0.15) is 0 Å². The molecule has 3 aromatic rings. The molecule has 4 rings (SSSR count). The van der Waals surface area contributed by atoms with Gasteiger partial charge in [0.05, 0.1) is 11.2 Å². The molecule has 3 heteroatoms. The molecule has 2 heterocycles. The van der Waals surface area contributed by atoms with E-state index in [2.05, 4.69) is 54.1 Å². The number of aromatic amines is 1. The fourth-order valence-electron chi connectivity index (χ4n) is 3.93. The Morgan fingerprint density at radius 3 is 2.23 bits per heavy atom. The zero-order valence-electron chi connectivity index (χ0n) is 15.9. The highest BCUT2D eigenvalue weighted by atomic mass is 16.1. The molecule has 0 atom stereocenters. The standard InChI is InChI=1S/C23H26N2O/c1-15-13-20-21(14-16(15)2)24-22(17(3)23(20)26)18-7-9-19(10-8-18)25-11-5-4-6-12-25/h7-10,13-14H,4-6,11-12H2,1-3H3,(H,24,26). The van der Waals surface area contributed by atoms with Crippen LogP contribution in [-0.4, -0.2) is 18.1 Å². The Morgan fingerprint density at radius 1 is 0.885 bits per heavy atom. The van der Waals surface area contributed by atoms with Crippen molar-refractivity contribution >= 4 is 16.6 Å². The fraction of sp³-hybridized carbons (Fsp3) is 0.348.